The molecule has 1 fully saturated rings. The summed E-state index contributed by atoms with van der Waals surface area (Å²) in [6.45, 7) is 2.78. The molecule has 0 spiro atoms. The van der Waals surface area contributed by atoms with E-state index in [1.807, 2.05) is 0 Å². The molecule has 0 aliphatic carbocycles. The van der Waals surface area contributed by atoms with Crippen molar-refractivity contribution in [3.05, 3.63) is 0 Å². The van der Waals surface area contributed by atoms with E-state index >= 15 is 0 Å². The SMILES string of the molecule is CC(O)CCC(=O)N1CCC(O)C1. The zero-order chi connectivity index (χ0) is 9.84. The van der Waals surface area contributed by atoms with E-state index in [1.165, 1.54) is 0 Å². The molecule has 0 aromatic heterocycles. The molecule has 4 nitrogen and oxygen atoms in total. The van der Waals surface area contributed by atoms with E-state index in [2.05, 4.69) is 0 Å². The highest BCUT2D eigenvalue weighted by Crippen LogP contribution is 2.11. The maximum atomic E-state index is 11.4. The van der Waals surface area contributed by atoms with Gasteiger partial charge in [0.25, 0.3) is 0 Å². The van der Waals surface area contributed by atoms with Crippen molar-refractivity contribution in [2.45, 2.75) is 38.4 Å². The topological polar surface area (TPSA) is 60.8 Å². The van der Waals surface area contributed by atoms with E-state index in [4.69, 9.17) is 5.11 Å². The van der Waals surface area contributed by atoms with Crippen molar-refractivity contribution in [2.75, 3.05) is 13.1 Å². The van der Waals surface area contributed by atoms with Gasteiger partial charge in [0.2, 0.25) is 5.91 Å². The Kier molecular flexibility index (Phi) is 3.69. The number of aliphatic hydroxyl groups is 2. The zero-order valence-electron chi connectivity index (χ0n) is 7.94. The van der Waals surface area contributed by atoms with E-state index in [0.717, 1.165) is 0 Å². The molecular formula is C9H17NO3. The molecule has 2 unspecified atom stereocenters. The summed E-state index contributed by atoms with van der Waals surface area (Å²) in [5.74, 6) is 0.0393. The van der Waals surface area contributed by atoms with Crippen LogP contribution < -0.4 is 0 Å². The van der Waals surface area contributed by atoms with Crippen molar-refractivity contribution in [2.24, 2.45) is 0 Å². The lowest BCUT2D eigenvalue weighted by molar-refractivity contribution is -0.131. The molecule has 1 aliphatic heterocycles. The first-order chi connectivity index (χ1) is 6.09. The van der Waals surface area contributed by atoms with Crippen LogP contribution >= 0.6 is 0 Å². The van der Waals surface area contributed by atoms with Gasteiger partial charge in [-0.3, -0.25) is 4.79 Å². The summed E-state index contributed by atoms with van der Waals surface area (Å²) < 4.78 is 0. The Bertz CT molecular complexity index is 182. The number of hydrogen-bond donors (Lipinski definition) is 2. The molecule has 0 aromatic carbocycles. The minimum atomic E-state index is -0.420. The van der Waals surface area contributed by atoms with Crippen molar-refractivity contribution in [3.63, 3.8) is 0 Å². The minimum Gasteiger partial charge on any atom is -0.393 e. The fourth-order valence-electron chi connectivity index (χ4n) is 1.46. The van der Waals surface area contributed by atoms with E-state index in [0.29, 0.717) is 32.4 Å². The molecule has 1 heterocycles. The molecular weight excluding hydrogens is 170 g/mol. The van der Waals surface area contributed by atoms with Crippen LogP contribution in [0.1, 0.15) is 26.2 Å². The lowest BCUT2D eigenvalue weighted by Crippen LogP contribution is -2.29. The number of nitrogens with zero attached hydrogens (tertiary/aromatic N) is 1. The Morgan fingerprint density at radius 1 is 1.69 bits per heavy atom. The van der Waals surface area contributed by atoms with Gasteiger partial charge in [0.1, 0.15) is 0 Å². The van der Waals surface area contributed by atoms with Gasteiger partial charge in [-0.1, -0.05) is 0 Å². The number of β-amino-alcohol motifs (C(OH)–C–C–N with tert-alkyl or cyclic N) is 1. The van der Waals surface area contributed by atoms with Crippen molar-refractivity contribution >= 4 is 5.91 Å². The molecule has 1 amide bonds. The predicted octanol–water partition coefficient (Wildman–Crippen LogP) is -0.259. The number of rotatable bonds is 3. The summed E-state index contributed by atoms with van der Waals surface area (Å²) in [7, 11) is 0. The largest absolute Gasteiger partial charge is 0.393 e. The summed E-state index contributed by atoms with van der Waals surface area (Å²) in [4.78, 5) is 13.1. The molecule has 0 aromatic rings. The van der Waals surface area contributed by atoms with Crippen LogP contribution in [-0.2, 0) is 4.79 Å². The third-order valence-corrected chi connectivity index (χ3v) is 2.29. The first kappa shape index (κ1) is 10.5. The number of aliphatic hydroxyl groups excluding tert-OH is 2. The monoisotopic (exact) mass is 187 g/mol. The smallest absolute Gasteiger partial charge is 0.222 e. The van der Waals surface area contributed by atoms with Crippen LogP contribution in [0, 0.1) is 0 Å². The van der Waals surface area contributed by atoms with Crippen molar-refractivity contribution in [1.29, 1.82) is 0 Å². The highest BCUT2D eigenvalue weighted by molar-refractivity contribution is 5.76. The number of carbonyl (C=O) groups excluding carboxylic acids is 1. The van der Waals surface area contributed by atoms with E-state index in [1.54, 1.807) is 11.8 Å². The van der Waals surface area contributed by atoms with Gasteiger partial charge in [0, 0.05) is 19.5 Å². The second kappa shape index (κ2) is 4.58. The fourth-order valence-corrected chi connectivity index (χ4v) is 1.46. The number of likely N-dealkylation sites (tertiary alicyclic amines) is 1. The molecule has 76 valence electrons. The molecule has 2 N–H and O–H groups in total. The number of hydrogen-bond acceptors (Lipinski definition) is 3. The Hall–Kier alpha value is -0.610. The van der Waals surface area contributed by atoms with Crippen LogP contribution in [0.2, 0.25) is 0 Å². The number of carbonyl (C=O) groups is 1. The minimum absolute atomic E-state index is 0.0393. The molecule has 13 heavy (non-hydrogen) atoms. The van der Waals surface area contributed by atoms with Crippen LogP contribution in [0.5, 0.6) is 0 Å². The molecule has 2 atom stereocenters. The van der Waals surface area contributed by atoms with Crippen molar-refractivity contribution in [3.8, 4) is 0 Å². The molecule has 1 saturated heterocycles. The Labute approximate surface area is 78.2 Å². The molecule has 1 aliphatic rings. The standard InChI is InChI=1S/C9H17NO3/c1-7(11)2-3-9(13)10-5-4-8(12)6-10/h7-8,11-12H,2-6H2,1H3. The van der Waals surface area contributed by atoms with Gasteiger partial charge >= 0.3 is 0 Å². The summed E-state index contributed by atoms with van der Waals surface area (Å²) in [6.07, 6.45) is 0.794. The second-order valence-corrected chi connectivity index (χ2v) is 3.67. The molecule has 0 radical (unpaired) electrons. The quantitative estimate of drug-likeness (QED) is 0.640. The van der Waals surface area contributed by atoms with Crippen molar-refractivity contribution < 1.29 is 15.0 Å². The average molecular weight is 187 g/mol. The van der Waals surface area contributed by atoms with E-state index in [-0.39, 0.29) is 12.0 Å². The highest BCUT2D eigenvalue weighted by Gasteiger charge is 2.23. The van der Waals surface area contributed by atoms with Gasteiger partial charge in [0.05, 0.1) is 12.2 Å². The Morgan fingerprint density at radius 2 is 2.38 bits per heavy atom. The normalized spacial score (nSPS) is 24.8. The lowest BCUT2D eigenvalue weighted by atomic mass is 10.2. The van der Waals surface area contributed by atoms with Gasteiger partial charge in [-0.15, -0.1) is 0 Å². The van der Waals surface area contributed by atoms with E-state index < -0.39 is 6.10 Å². The Morgan fingerprint density at radius 3 is 2.85 bits per heavy atom. The summed E-state index contributed by atoms with van der Waals surface area (Å²) in [5.41, 5.74) is 0. The third-order valence-electron chi connectivity index (χ3n) is 2.29. The van der Waals surface area contributed by atoms with Gasteiger partial charge < -0.3 is 15.1 Å². The van der Waals surface area contributed by atoms with Gasteiger partial charge in [-0.25, -0.2) is 0 Å². The fraction of sp³-hybridized carbons (Fsp3) is 0.889. The van der Waals surface area contributed by atoms with Gasteiger partial charge in [-0.05, 0) is 19.8 Å². The van der Waals surface area contributed by atoms with Crippen LogP contribution in [0.4, 0.5) is 0 Å². The molecule has 0 saturated carbocycles. The second-order valence-electron chi connectivity index (χ2n) is 3.67. The van der Waals surface area contributed by atoms with Crippen LogP contribution in [0.25, 0.3) is 0 Å². The Balaban J connectivity index is 2.24. The highest BCUT2D eigenvalue weighted by atomic mass is 16.3. The van der Waals surface area contributed by atoms with Crippen LogP contribution in [0.3, 0.4) is 0 Å². The summed E-state index contributed by atoms with van der Waals surface area (Å²) in [6, 6.07) is 0. The van der Waals surface area contributed by atoms with Crippen molar-refractivity contribution in [1.82, 2.24) is 4.90 Å². The first-order valence-electron chi connectivity index (χ1n) is 4.73. The lowest BCUT2D eigenvalue weighted by Gasteiger charge is -2.15. The molecule has 1 rings (SSSR count). The first-order valence-corrected chi connectivity index (χ1v) is 4.73. The maximum absolute atomic E-state index is 11.4. The summed E-state index contributed by atoms with van der Waals surface area (Å²) in [5, 5.41) is 18.2. The maximum Gasteiger partial charge on any atom is 0.222 e. The number of amides is 1. The van der Waals surface area contributed by atoms with Crippen LogP contribution in [-0.4, -0.2) is 46.3 Å². The predicted molar refractivity (Wildman–Crippen MR) is 48.1 cm³/mol. The molecule has 4 heteroatoms. The zero-order valence-corrected chi connectivity index (χ0v) is 7.94. The molecule has 0 bridgehead atoms. The third kappa shape index (κ3) is 3.32. The van der Waals surface area contributed by atoms with E-state index in [9.17, 15) is 9.90 Å². The van der Waals surface area contributed by atoms with Crippen LogP contribution in [0.15, 0.2) is 0 Å². The summed E-state index contributed by atoms with van der Waals surface area (Å²) >= 11 is 0. The average Bonchev–Trinajstić information content (AvgIpc) is 2.47. The van der Waals surface area contributed by atoms with Gasteiger partial charge in [0.15, 0.2) is 0 Å². The van der Waals surface area contributed by atoms with Gasteiger partial charge in [-0.2, -0.15) is 0 Å².